The molecule has 4 saturated heterocycles. The summed E-state index contributed by atoms with van der Waals surface area (Å²) in [4.78, 5) is 47.1. The first kappa shape index (κ1) is 27.9. The van der Waals surface area contributed by atoms with Crippen molar-refractivity contribution >= 4 is 45.5 Å². The lowest BCUT2D eigenvalue weighted by molar-refractivity contribution is -0.154. The fourth-order valence-corrected chi connectivity index (χ4v) is 9.95. The molecule has 11 heteroatoms. The summed E-state index contributed by atoms with van der Waals surface area (Å²) in [6.07, 6.45) is 2.83. The van der Waals surface area contributed by atoms with E-state index in [9.17, 15) is 19.5 Å². The molecule has 4 aliphatic heterocycles. The van der Waals surface area contributed by atoms with Gasteiger partial charge in [-0.25, -0.2) is 0 Å². The van der Waals surface area contributed by atoms with Gasteiger partial charge in [0.25, 0.3) is 0 Å². The topological polar surface area (TPSA) is 99.6 Å². The van der Waals surface area contributed by atoms with Crippen molar-refractivity contribution in [1.29, 1.82) is 0 Å². The van der Waals surface area contributed by atoms with Crippen molar-refractivity contribution in [3.63, 3.8) is 0 Å². The van der Waals surface area contributed by atoms with Crippen LogP contribution in [0.5, 0.6) is 0 Å². The normalized spacial score (nSPS) is 34.5. The Labute approximate surface area is 226 Å². The van der Waals surface area contributed by atoms with Crippen LogP contribution in [0, 0.1) is 11.8 Å². The summed E-state index contributed by atoms with van der Waals surface area (Å²) in [5.41, 5.74) is 0. The van der Waals surface area contributed by atoms with Gasteiger partial charge in [-0.3, -0.25) is 19.3 Å². The van der Waals surface area contributed by atoms with Crippen LogP contribution in [0.1, 0.15) is 26.7 Å². The predicted molar refractivity (Wildman–Crippen MR) is 141 cm³/mol. The predicted octanol–water partition coefficient (Wildman–Crippen LogP) is 1.13. The zero-order valence-corrected chi connectivity index (χ0v) is 23.5. The number of esters is 1. The van der Waals surface area contributed by atoms with Gasteiger partial charge in [0.15, 0.2) is 0 Å². The fraction of sp³-hybridized carbons (Fsp3) is 0.800. The number of carbonyl (C=O) groups excluding carboxylic acids is 3. The number of carbonyl (C=O) groups is 3. The fourth-order valence-electron chi connectivity index (χ4n) is 6.37. The van der Waals surface area contributed by atoms with Crippen LogP contribution in [-0.2, 0) is 23.9 Å². The van der Waals surface area contributed by atoms with E-state index >= 15 is 0 Å². The summed E-state index contributed by atoms with van der Waals surface area (Å²) in [5, 5.41) is 10.1. The van der Waals surface area contributed by atoms with Crippen LogP contribution in [0.15, 0.2) is 12.7 Å². The molecule has 2 bridgehead atoms. The highest BCUT2D eigenvalue weighted by molar-refractivity contribution is 9.09. The Kier molecular flexibility index (Phi) is 9.08. The third kappa shape index (κ3) is 4.74. The van der Waals surface area contributed by atoms with Gasteiger partial charge in [-0.1, -0.05) is 28.9 Å². The monoisotopic (exact) mass is 587 g/mol. The largest absolute Gasteiger partial charge is 0.466 e. The van der Waals surface area contributed by atoms with Gasteiger partial charge in [0.1, 0.15) is 6.04 Å². The molecule has 9 nitrogen and oxygen atoms in total. The summed E-state index contributed by atoms with van der Waals surface area (Å²) >= 11 is 5.35. The number of likely N-dealkylation sites (tertiary alicyclic amines) is 1. The number of aliphatic hydroxyl groups excluding tert-OH is 1. The Balaban J connectivity index is 1.68. The van der Waals surface area contributed by atoms with E-state index in [1.54, 1.807) is 34.6 Å². The summed E-state index contributed by atoms with van der Waals surface area (Å²) < 4.78 is 10.1. The number of halogens is 1. The van der Waals surface area contributed by atoms with Crippen molar-refractivity contribution in [1.82, 2.24) is 14.7 Å². The molecule has 7 atom stereocenters. The van der Waals surface area contributed by atoms with Crippen LogP contribution in [0.25, 0.3) is 0 Å². The third-order valence-corrected chi connectivity index (χ3v) is 11.3. The lowest BCUT2D eigenvalue weighted by Crippen LogP contribution is -2.58. The standard InChI is InChI=1S/C25H38BrN3O6S/c1-4-7-28(9-8-27-10-12-34-13-11-27)23(32)21-25-14-17(26)20(36-25)18(24(33)35-6-3)19(25)22(31)29(21)16(5-2)15-30/h4,16-21,30H,1,5-15H2,2-3H3/t16-,17?,18+,19-,20+,21?,25?/m0/s1. The molecule has 4 fully saturated rings. The second-order valence-electron chi connectivity index (χ2n) is 9.93. The number of hydrogen-bond acceptors (Lipinski definition) is 8. The first-order chi connectivity index (χ1) is 17.3. The molecule has 0 saturated carbocycles. The number of aliphatic hydroxyl groups is 1. The van der Waals surface area contributed by atoms with Crippen LogP contribution in [0.2, 0.25) is 0 Å². The van der Waals surface area contributed by atoms with Crippen molar-refractivity contribution in [2.45, 2.75) is 53.6 Å². The molecule has 1 N–H and O–H groups in total. The number of hydrogen-bond donors (Lipinski definition) is 1. The van der Waals surface area contributed by atoms with Gasteiger partial charge in [-0.05, 0) is 19.8 Å². The van der Waals surface area contributed by atoms with Crippen LogP contribution >= 0.6 is 27.7 Å². The summed E-state index contributed by atoms with van der Waals surface area (Å²) in [6, 6.07) is -1.25. The molecule has 2 amide bonds. The Morgan fingerprint density at radius 2 is 2.11 bits per heavy atom. The van der Waals surface area contributed by atoms with E-state index in [4.69, 9.17) is 9.47 Å². The van der Waals surface area contributed by atoms with Crippen molar-refractivity contribution in [3.05, 3.63) is 12.7 Å². The van der Waals surface area contributed by atoms with E-state index < -0.39 is 28.7 Å². The molecule has 4 aliphatic rings. The molecule has 202 valence electrons. The molecule has 0 aliphatic carbocycles. The van der Waals surface area contributed by atoms with Gasteiger partial charge in [0.05, 0.1) is 49.1 Å². The van der Waals surface area contributed by atoms with Gasteiger partial charge in [0, 0.05) is 42.8 Å². The summed E-state index contributed by atoms with van der Waals surface area (Å²) in [7, 11) is 0. The average Bonchev–Trinajstić information content (AvgIpc) is 3.47. The zero-order valence-electron chi connectivity index (χ0n) is 21.1. The quantitative estimate of drug-likeness (QED) is 0.218. The number of thioether (sulfide) groups is 1. The number of nitrogens with zero attached hydrogens (tertiary/aromatic N) is 3. The van der Waals surface area contributed by atoms with Crippen molar-refractivity contribution in [3.8, 4) is 0 Å². The highest BCUT2D eigenvalue weighted by Crippen LogP contribution is 2.68. The maximum atomic E-state index is 14.3. The SMILES string of the molecule is C=CCN(CCN1CCOCC1)C(=O)C1N([C@@H](CC)CO)C(=O)[C@@H]2[C@@H](C(=O)OCC)[C@@H]3SC12CC3Br. The first-order valence-electron chi connectivity index (χ1n) is 13.0. The van der Waals surface area contributed by atoms with Crippen molar-refractivity contribution in [2.75, 3.05) is 59.2 Å². The number of amides is 2. The van der Waals surface area contributed by atoms with E-state index in [0.29, 0.717) is 45.7 Å². The van der Waals surface area contributed by atoms with Crippen LogP contribution in [0.4, 0.5) is 0 Å². The third-order valence-electron chi connectivity index (χ3n) is 8.05. The molecule has 36 heavy (non-hydrogen) atoms. The molecule has 4 heterocycles. The van der Waals surface area contributed by atoms with Crippen LogP contribution in [-0.4, -0.2) is 124 Å². The first-order valence-corrected chi connectivity index (χ1v) is 14.7. The van der Waals surface area contributed by atoms with Crippen molar-refractivity contribution < 1.29 is 29.0 Å². The van der Waals surface area contributed by atoms with Gasteiger partial charge >= 0.3 is 5.97 Å². The molecular weight excluding hydrogens is 550 g/mol. The lowest BCUT2D eigenvalue weighted by atomic mass is 9.71. The minimum atomic E-state index is -0.758. The van der Waals surface area contributed by atoms with E-state index in [1.165, 1.54) is 0 Å². The smallest absolute Gasteiger partial charge is 0.310 e. The second kappa shape index (κ2) is 11.7. The van der Waals surface area contributed by atoms with E-state index in [2.05, 4.69) is 27.4 Å². The molecule has 3 unspecified atom stereocenters. The number of fused-ring (bicyclic) bond motifs is 1. The summed E-state index contributed by atoms with van der Waals surface area (Å²) in [5.74, 6) is -1.98. The maximum absolute atomic E-state index is 14.3. The number of ether oxygens (including phenoxy) is 2. The second-order valence-corrected chi connectivity index (χ2v) is 12.6. The minimum absolute atomic E-state index is 0.00777. The van der Waals surface area contributed by atoms with Crippen LogP contribution < -0.4 is 0 Å². The van der Waals surface area contributed by atoms with E-state index in [-0.39, 0.29) is 41.1 Å². The Bertz CT molecular complexity index is 854. The molecule has 0 radical (unpaired) electrons. The summed E-state index contributed by atoms with van der Waals surface area (Å²) in [6.45, 7) is 12.1. The van der Waals surface area contributed by atoms with Crippen LogP contribution in [0.3, 0.4) is 0 Å². The molecule has 1 spiro atoms. The highest BCUT2D eigenvalue weighted by atomic mass is 79.9. The lowest BCUT2D eigenvalue weighted by Gasteiger charge is -2.40. The average molecular weight is 589 g/mol. The number of rotatable bonds is 11. The van der Waals surface area contributed by atoms with Gasteiger partial charge in [-0.15, -0.1) is 18.3 Å². The molecule has 0 aromatic heterocycles. The van der Waals surface area contributed by atoms with Gasteiger partial charge in [-0.2, -0.15) is 0 Å². The minimum Gasteiger partial charge on any atom is -0.466 e. The zero-order chi connectivity index (χ0) is 26.0. The highest BCUT2D eigenvalue weighted by Gasteiger charge is 2.76. The Morgan fingerprint density at radius 3 is 2.72 bits per heavy atom. The van der Waals surface area contributed by atoms with E-state index in [0.717, 1.165) is 13.1 Å². The molecule has 0 aromatic rings. The Morgan fingerprint density at radius 1 is 1.39 bits per heavy atom. The van der Waals surface area contributed by atoms with Gasteiger partial charge < -0.3 is 24.4 Å². The molecule has 4 rings (SSSR count). The van der Waals surface area contributed by atoms with Gasteiger partial charge in [0.2, 0.25) is 11.8 Å². The molecular formula is C25H38BrN3O6S. The van der Waals surface area contributed by atoms with Crippen molar-refractivity contribution in [2.24, 2.45) is 11.8 Å². The maximum Gasteiger partial charge on any atom is 0.310 e. The molecule has 0 aromatic carbocycles. The number of alkyl halides is 1. The van der Waals surface area contributed by atoms with E-state index in [1.807, 2.05) is 6.92 Å². The number of morpholine rings is 1. The Hall–Kier alpha value is -1.14.